The van der Waals surface area contributed by atoms with Crippen molar-refractivity contribution in [2.75, 3.05) is 11.1 Å². The van der Waals surface area contributed by atoms with Crippen LogP contribution in [0.25, 0.3) is 5.69 Å². The lowest BCUT2D eigenvalue weighted by molar-refractivity contribution is 0.628. The Balaban J connectivity index is 1.52. The average molecular weight is 423 g/mol. The molecular formula is C19H18FN9S. The molecule has 4 rings (SSSR count). The van der Waals surface area contributed by atoms with E-state index in [-0.39, 0.29) is 17.7 Å². The maximum absolute atomic E-state index is 13.1. The number of nitrogens with two attached hydrogens (primary N) is 1. The molecule has 0 radical (unpaired) electrons. The van der Waals surface area contributed by atoms with E-state index in [0.29, 0.717) is 22.4 Å². The molecular weight excluding hydrogens is 405 g/mol. The second kappa shape index (κ2) is 8.41. The van der Waals surface area contributed by atoms with Crippen LogP contribution < -0.4 is 11.1 Å². The minimum atomic E-state index is -0.325. The van der Waals surface area contributed by atoms with Gasteiger partial charge in [0.1, 0.15) is 11.6 Å². The number of nitrogens with zero attached hydrogens (tertiary/aromatic N) is 7. The third-order valence-corrected chi connectivity index (χ3v) is 5.29. The van der Waals surface area contributed by atoms with Crippen LogP contribution >= 0.6 is 11.8 Å². The van der Waals surface area contributed by atoms with Crippen LogP contribution in [-0.2, 0) is 5.75 Å². The van der Waals surface area contributed by atoms with E-state index in [9.17, 15) is 4.39 Å². The molecule has 0 unspecified atom stereocenters. The van der Waals surface area contributed by atoms with E-state index < -0.39 is 0 Å². The molecule has 0 aliphatic rings. The summed E-state index contributed by atoms with van der Waals surface area (Å²) in [5, 5.41) is 15.6. The fourth-order valence-electron chi connectivity index (χ4n) is 2.74. The molecule has 0 amide bonds. The standard InChI is InChI=1S/C19H18FN9S/c1-11-4-3-5-15(12(11)2)29-19(26-27-28-29)30-10-16-23-17(21)25-18(24-16)22-14-8-6-13(20)7-9-14/h3-9H,10H2,1-2H3,(H3,21,22,23,24,25). The van der Waals surface area contributed by atoms with Crippen molar-refractivity contribution in [2.24, 2.45) is 0 Å². The van der Waals surface area contributed by atoms with Gasteiger partial charge >= 0.3 is 0 Å². The summed E-state index contributed by atoms with van der Waals surface area (Å²) < 4.78 is 14.8. The number of aryl methyl sites for hydroxylation is 1. The van der Waals surface area contributed by atoms with Gasteiger partial charge in [-0.05, 0) is 65.7 Å². The number of rotatable bonds is 6. The van der Waals surface area contributed by atoms with E-state index in [4.69, 9.17) is 5.73 Å². The Morgan fingerprint density at radius 3 is 2.67 bits per heavy atom. The SMILES string of the molecule is Cc1cccc(-n2nnnc2SCc2nc(N)nc(Nc3ccc(F)cc3)n2)c1C. The number of hydrogen-bond acceptors (Lipinski definition) is 9. The smallest absolute Gasteiger partial charge is 0.232 e. The first-order chi connectivity index (χ1) is 14.5. The number of aromatic nitrogens is 7. The molecule has 0 fully saturated rings. The van der Waals surface area contributed by atoms with E-state index in [2.05, 4.69) is 35.8 Å². The molecule has 152 valence electrons. The Bertz CT molecular complexity index is 1180. The molecule has 4 aromatic rings. The number of thioether (sulfide) groups is 1. The minimum absolute atomic E-state index is 0.0827. The van der Waals surface area contributed by atoms with Crippen LogP contribution in [0.1, 0.15) is 17.0 Å². The van der Waals surface area contributed by atoms with Gasteiger partial charge in [0.2, 0.25) is 17.1 Å². The second-order valence-corrected chi connectivity index (χ2v) is 7.39. The van der Waals surface area contributed by atoms with Gasteiger partial charge < -0.3 is 11.1 Å². The molecule has 9 nitrogen and oxygen atoms in total. The van der Waals surface area contributed by atoms with E-state index >= 15 is 0 Å². The largest absolute Gasteiger partial charge is 0.368 e. The zero-order valence-electron chi connectivity index (χ0n) is 16.2. The van der Waals surface area contributed by atoms with Crippen molar-refractivity contribution in [1.29, 1.82) is 0 Å². The van der Waals surface area contributed by atoms with Crippen LogP contribution in [0.4, 0.5) is 22.0 Å². The van der Waals surface area contributed by atoms with Crippen LogP contribution in [-0.4, -0.2) is 35.2 Å². The van der Waals surface area contributed by atoms with Crippen molar-refractivity contribution in [3.8, 4) is 5.69 Å². The van der Waals surface area contributed by atoms with Gasteiger partial charge in [0.15, 0.2) is 0 Å². The first kappa shape index (κ1) is 19.7. The van der Waals surface area contributed by atoms with E-state index in [0.717, 1.165) is 16.8 Å². The first-order valence-corrected chi connectivity index (χ1v) is 9.99. The Labute approximate surface area is 176 Å². The normalized spacial score (nSPS) is 10.9. The molecule has 2 heterocycles. The molecule has 30 heavy (non-hydrogen) atoms. The van der Waals surface area contributed by atoms with Crippen LogP contribution in [0.2, 0.25) is 0 Å². The maximum atomic E-state index is 13.1. The predicted octanol–water partition coefficient (Wildman–Crippen LogP) is 3.22. The van der Waals surface area contributed by atoms with Crippen LogP contribution in [0.3, 0.4) is 0 Å². The van der Waals surface area contributed by atoms with Crippen molar-refractivity contribution in [2.45, 2.75) is 24.8 Å². The third-order valence-electron chi connectivity index (χ3n) is 4.37. The molecule has 0 spiro atoms. The van der Waals surface area contributed by atoms with Crippen molar-refractivity contribution >= 4 is 29.3 Å². The monoisotopic (exact) mass is 423 g/mol. The van der Waals surface area contributed by atoms with Crippen molar-refractivity contribution < 1.29 is 4.39 Å². The van der Waals surface area contributed by atoms with Gasteiger partial charge in [-0.25, -0.2) is 4.39 Å². The molecule has 2 aromatic heterocycles. The van der Waals surface area contributed by atoms with Crippen molar-refractivity contribution in [1.82, 2.24) is 35.2 Å². The zero-order valence-corrected chi connectivity index (χ0v) is 17.1. The molecule has 2 aromatic carbocycles. The van der Waals surface area contributed by atoms with Crippen LogP contribution in [0, 0.1) is 19.7 Å². The Hall–Kier alpha value is -3.60. The number of hydrogen-bond donors (Lipinski definition) is 2. The molecule has 0 bridgehead atoms. The zero-order chi connectivity index (χ0) is 21.1. The summed E-state index contributed by atoms with van der Waals surface area (Å²) in [7, 11) is 0. The van der Waals surface area contributed by atoms with E-state index in [1.165, 1.54) is 23.9 Å². The molecule has 0 aliphatic carbocycles. The minimum Gasteiger partial charge on any atom is -0.368 e. The molecule has 11 heteroatoms. The number of anilines is 3. The number of nitrogen functional groups attached to an aromatic ring is 1. The highest BCUT2D eigenvalue weighted by Crippen LogP contribution is 2.24. The van der Waals surface area contributed by atoms with Gasteiger partial charge in [-0.15, -0.1) is 5.10 Å². The maximum Gasteiger partial charge on any atom is 0.232 e. The van der Waals surface area contributed by atoms with E-state index in [1.807, 2.05) is 32.0 Å². The lowest BCUT2D eigenvalue weighted by Gasteiger charge is -2.10. The quantitative estimate of drug-likeness (QED) is 0.450. The topological polar surface area (TPSA) is 120 Å². The number of halogens is 1. The molecule has 0 aliphatic heterocycles. The second-order valence-electron chi connectivity index (χ2n) is 6.45. The fourth-order valence-corrected chi connectivity index (χ4v) is 3.47. The Morgan fingerprint density at radius 1 is 1.07 bits per heavy atom. The Kier molecular flexibility index (Phi) is 5.53. The summed E-state index contributed by atoms with van der Waals surface area (Å²) in [5.74, 6) is 0.885. The summed E-state index contributed by atoms with van der Waals surface area (Å²) >= 11 is 1.38. The number of benzene rings is 2. The number of nitrogens with one attached hydrogen (secondary N) is 1. The highest BCUT2D eigenvalue weighted by molar-refractivity contribution is 7.98. The highest BCUT2D eigenvalue weighted by atomic mass is 32.2. The summed E-state index contributed by atoms with van der Waals surface area (Å²) in [5.41, 5.74) is 9.63. The summed E-state index contributed by atoms with van der Waals surface area (Å²) in [6.45, 7) is 4.07. The number of tetrazole rings is 1. The van der Waals surface area contributed by atoms with Crippen LogP contribution in [0.5, 0.6) is 0 Å². The van der Waals surface area contributed by atoms with Gasteiger partial charge in [-0.2, -0.15) is 19.6 Å². The third kappa shape index (κ3) is 4.35. The summed E-state index contributed by atoms with van der Waals surface area (Å²) in [6.07, 6.45) is 0. The van der Waals surface area contributed by atoms with Crippen molar-refractivity contribution in [3.63, 3.8) is 0 Å². The van der Waals surface area contributed by atoms with Gasteiger partial charge in [0.05, 0.1) is 11.4 Å². The molecule has 0 atom stereocenters. The van der Waals surface area contributed by atoms with Crippen LogP contribution in [0.15, 0.2) is 47.6 Å². The molecule has 0 saturated heterocycles. The lowest BCUT2D eigenvalue weighted by atomic mass is 10.1. The molecule has 3 N–H and O–H groups in total. The fraction of sp³-hybridized carbons (Fsp3) is 0.158. The predicted molar refractivity (Wildman–Crippen MR) is 112 cm³/mol. The van der Waals surface area contributed by atoms with Gasteiger partial charge in [-0.3, -0.25) is 0 Å². The van der Waals surface area contributed by atoms with Gasteiger partial charge in [0.25, 0.3) is 0 Å². The van der Waals surface area contributed by atoms with Crippen molar-refractivity contribution in [3.05, 3.63) is 65.2 Å². The first-order valence-electron chi connectivity index (χ1n) is 9.00. The Morgan fingerprint density at radius 2 is 1.87 bits per heavy atom. The average Bonchev–Trinajstić information content (AvgIpc) is 3.18. The highest BCUT2D eigenvalue weighted by Gasteiger charge is 2.14. The lowest BCUT2D eigenvalue weighted by Crippen LogP contribution is -2.07. The summed E-state index contributed by atoms with van der Waals surface area (Å²) in [6, 6.07) is 11.8. The van der Waals surface area contributed by atoms with E-state index in [1.54, 1.807) is 16.8 Å². The van der Waals surface area contributed by atoms with Gasteiger partial charge in [0, 0.05) is 5.69 Å². The molecule has 0 saturated carbocycles. The summed E-state index contributed by atoms with van der Waals surface area (Å²) in [4.78, 5) is 12.6. The van der Waals surface area contributed by atoms with Gasteiger partial charge in [-0.1, -0.05) is 23.9 Å².